The zero-order chi connectivity index (χ0) is 16.1. The predicted molar refractivity (Wildman–Crippen MR) is 88.7 cm³/mol. The van der Waals surface area contributed by atoms with Crippen LogP contribution in [-0.4, -0.2) is 32.7 Å². The molecule has 120 valence electrons. The molecule has 0 bridgehead atoms. The van der Waals surface area contributed by atoms with Crippen molar-refractivity contribution in [3.05, 3.63) is 52.7 Å². The van der Waals surface area contributed by atoms with Gasteiger partial charge in [-0.3, -0.25) is 4.57 Å². The Labute approximate surface area is 135 Å². The van der Waals surface area contributed by atoms with Crippen LogP contribution in [0, 0.1) is 0 Å². The van der Waals surface area contributed by atoms with E-state index in [-0.39, 0.29) is 5.69 Å². The molecule has 3 aromatic heterocycles. The summed E-state index contributed by atoms with van der Waals surface area (Å²) in [6, 6.07) is 7.69. The first kappa shape index (κ1) is 13.2. The molecule has 1 aromatic carbocycles. The molecule has 0 aliphatic carbocycles. The van der Waals surface area contributed by atoms with Gasteiger partial charge in [-0.25, -0.2) is 9.78 Å². The van der Waals surface area contributed by atoms with Crippen LogP contribution in [0.2, 0.25) is 0 Å². The summed E-state index contributed by atoms with van der Waals surface area (Å²) in [5.41, 5.74) is 3.15. The second-order valence-corrected chi connectivity index (χ2v) is 5.75. The van der Waals surface area contributed by atoms with Gasteiger partial charge in [0, 0.05) is 11.6 Å². The minimum absolute atomic E-state index is 0.157. The number of hydrogen-bond donors (Lipinski definition) is 2. The molecular weight excluding hydrogens is 308 g/mol. The Morgan fingerprint density at radius 1 is 1.17 bits per heavy atom. The molecule has 0 radical (unpaired) electrons. The van der Waals surface area contributed by atoms with E-state index in [1.165, 1.54) is 0 Å². The van der Waals surface area contributed by atoms with Crippen LogP contribution in [-0.2, 0) is 6.54 Å². The zero-order valence-electron chi connectivity index (χ0n) is 12.7. The summed E-state index contributed by atoms with van der Waals surface area (Å²) < 4.78 is 12.9. The Kier molecular flexibility index (Phi) is 2.70. The van der Waals surface area contributed by atoms with E-state index in [4.69, 9.17) is 9.47 Å². The molecule has 4 aromatic rings. The summed E-state index contributed by atoms with van der Waals surface area (Å²) in [4.78, 5) is 22.7. The van der Waals surface area contributed by atoms with Gasteiger partial charge in [-0.15, -0.1) is 0 Å². The SMILES string of the molecule is O=c1[nH]c2cnc3[nH]ccc3c2n1Cc1ccc2c(c1)OCCO2. The lowest BCUT2D eigenvalue weighted by Gasteiger charge is -2.19. The number of hydrogen-bond acceptors (Lipinski definition) is 4. The van der Waals surface area contributed by atoms with Gasteiger partial charge >= 0.3 is 5.69 Å². The number of benzene rings is 1. The van der Waals surface area contributed by atoms with Crippen LogP contribution in [0.25, 0.3) is 22.1 Å². The van der Waals surface area contributed by atoms with Gasteiger partial charge in [0.25, 0.3) is 0 Å². The Balaban J connectivity index is 1.65. The molecule has 0 unspecified atom stereocenters. The summed E-state index contributed by atoms with van der Waals surface area (Å²) >= 11 is 0. The van der Waals surface area contributed by atoms with Gasteiger partial charge in [0.05, 0.1) is 23.8 Å². The molecule has 7 nitrogen and oxygen atoms in total. The first-order chi connectivity index (χ1) is 11.8. The number of imidazole rings is 1. The van der Waals surface area contributed by atoms with Gasteiger partial charge in [-0.2, -0.15) is 0 Å². The molecule has 24 heavy (non-hydrogen) atoms. The standard InChI is InChI=1S/C17H14N4O3/c22-17-20-12-8-19-16-11(3-4-18-16)15(12)21(17)9-10-1-2-13-14(7-10)24-6-5-23-13/h1-4,7-8H,5-6,9H2,(H,18,19)(H,20,22). The van der Waals surface area contributed by atoms with Gasteiger partial charge in [0.2, 0.25) is 0 Å². The molecule has 0 saturated heterocycles. The highest BCUT2D eigenvalue weighted by atomic mass is 16.6. The molecule has 7 heteroatoms. The lowest BCUT2D eigenvalue weighted by molar-refractivity contribution is 0.171. The van der Waals surface area contributed by atoms with E-state index in [1.807, 2.05) is 30.5 Å². The number of ether oxygens (including phenoxy) is 2. The maximum atomic E-state index is 12.4. The van der Waals surface area contributed by atoms with Crippen molar-refractivity contribution in [2.45, 2.75) is 6.54 Å². The van der Waals surface area contributed by atoms with Crippen molar-refractivity contribution in [2.75, 3.05) is 13.2 Å². The van der Waals surface area contributed by atoms with Crippen molar-refractivity contribution in [1.82, 2.24) is 19.5 Å². The third-order valence-corrected chi connectivity index (χ3v) is 4.26. The number of rotatable bonds is 2. The molecule has 1 aliphatic heterocycles. The fourth-order valence-electron chi connectivity index (χ4n) is 3.18. The Morgan fingerprint density at radius 2 is 2.04 bits per heavy atom. The number of nitrogens with one attached hydrogen (secondary N) is 2. The van der Waals surface area contributed by atoms with Gasteiger partial charge in [-0.05, 0) is 23.8 Å². The van der Waals surface area contributed by atoms with Crippen molar-refractivity contribution in [3.63, 3.8) is 0 Å². The molecule has 0 fully saturated rings. The topological polar surface area (TPSA) is 84.9 Å². The molecule has 1 aliphatic rings. The van der Waals surface area contributed by atoms with Crippen LogP contribution < -0.4 is 15.2 Å². The van der Waals surface area contributed by atoms with Crippen molar-refractivity contribution in [1.29, 1.82) is 0 Å². The Bertz CT molecular complexity index is 1120. The summed E-state index contributed by atoms with van der Waals surface area (Å²) in [6.45, 7) is 1.55. The average molecular weight is 322 g/mol. The summed E-state index contributed by atoms with van der Waals surface area (Å²) in [6.07, 6.45) is 3.50. The van der Waals surface area contributed by atoms with E-state index in [0.717, 1.165) is 39.1 Å². The van der Waals surface area contributed by atoms with E-state index >= 15 is 0 Å². The number of nitrogens with zero attached hydrogens (tertiary/aromatic N) is 2. The molecule has 0 amide bonds. The third kappa shape index (κ3) is 1.91. The third-order valence-electron chi connectivity index (χ3n) is 4.26. The second-order valence-electron chi connectivity index (χ2n) is 5.75. The van der Waals surface area contributed by atoms with Gasteiger partial charge < -0.3 is 19.4 Å². The predicted octanol–water partition coefficient (Wildman–Crippen LogP) is 2.03. The van der Waals surface area contributed by atoms with Gasteiger partial charge in [0.15, 0.2) is 11.5 Å². The Hall–Kier alpha value is -3.22. The monoisotopic (exact) mass is 322 g/mol. The lowest BCUT2D eigenvalue weighted by atomic mass is 10.2. The zero-order valence-corrected chi connectivity index (χ0v) is 12.7. The fraction of sp³-hybridized carbons (Fsp3) is 0.176. The maximum Gasteiger partial charge on any atom is 0.326 e. The van der Waals surface area contributed by atoms with Gasteiger partial charge in [0.1, 0.15) is 18.9 Å². The fourth-order valence-corrected chi connectivity index (χ4v) is 3.18. The molecule has 2 N–H and O–H groups in total. The Morgan fingerprint density at radius 3 is 2.96 bits per heavy atom. The van der Waals surface area contributed by atoms with Crippen LogP contribution in [0.1, 0.15) is 5.56 Å². The number of aromatic nitrogens is 4. The van der Waals surface area contributed by atoms with E-state index in [1.54, 1.807) is 10.8 Å². The highest BCUT2D eigenvalue weighted by molar-refractivity contribution is 6.00. The normalized spacial score (nSPS) is 13.7. The van der Waals surface area contributed by atoms with Crippen molar-refractivity contribution >= 4 is 22.1 Å². The molecule has 0 saturated carbocycles. The molecule has 0 atom stereocenters. The molecule has 5 rings (SSSR count). The van der Waals surface area contributed by atoms with E-state index in [2.05, 4.69) is 15.0 Å². The van der Waals surface area contributed by atoms with E-state index < -0.39 is 0 Å². The van der Waals surface area contributed by atoms with Crippen LogP contribution >= 0.6 is 0 Å². The molecule has 4 heterocycles. The minimum Gasteiger partial charge on any atom is -0.486 e. The quantitative estimate of drug-likeness (QED) is 0.591. The van der Waals surface area contributed by atoms with Gasteiger partial charge in [-0.1, -0.05) is 6.07 Å². The minimum atomic E-state index is -0.157. The van der Waals surface area contributed by atoms with Crippen LogP contribution in [0.5, 0.6) is 11.5 Å². The van der Waals surface area contributed by atoms with E-state index in [9.17, 15) is 4.79 Å². The van der Waals surface area contributed by atoms with E-state index in [0.29, 0.717) is 19.8 Å². The summed E-state index contributed by atoms with van der Waals surface area (Å²) in [7, 11) is 0. The van der Waals surface area contributed by atoms with Crippen molar-refractivity contribution in [3.8, 4) is 11.5 Å². The first-order valence-electron chi connectivity index (χ1n) is 7.73. The number of pyridine rings is 1. The molecular formula is C17H14N4O3. The number of fused-ring (bicyclic) bond motifs is 4. The van der Waals surface area contributed by atoms with Crippen molar-refractivity contribution < 1.29 is 9.47 Å². The number of aromatic amines is 2. The largest absolute Gasteiger partial charge is 0.486 e. The van der Waals surface area contributed by atoms with Crippen molar-refractivity contribution in [2.24, 2.45) is 0 Å². The highest BCUT2D eigenvalue weighted by Gasteiger charge is 2.15. The smallest absolute Gasteiger partial charge is 0.326 e. The molecule has 0 spiro atoms. The van der Waals surface area contributed by atoms with Crippen LogP contribution in [0.15, 0.2) is 41.5 Å². The number of H-pyrrole nitrogens is 2. The summed E-state index contributed by atoms with van der Waals surface area (Å²) in [5, 5.41) is 0.920. The maximum absolute atomic E-state index is 12.4. The average Bonchev–Trinajstić information content (AvgIpc) is 3.19. The highest BCUT2D eigenvalue weighted by Crippen LogP contribution is 2.31. The second kappa shape index (κ2) is 4.89. The first-order valence-corrected chi connectivity index (χ1v) is 7.73. The van der Waals surface area contributed by atoms with Crippen LogP contribution in [0.3, 0.4) is 0 Å². The van der Waals surface area contributed by atoms with Crippen LogP contribution in [0.4, 0.5) is 0 Å². The summed E-state index contributed by atoms with van der Waals surface area (Å²) in [5.74, 6) is 1.47. The lowest BCUT2D eigenvalue weighted by Crippen LogP contribution is -2.18.